The third-order valence-corrected chi connectivity index (χ3v) is 7.27. The molecule has 0 radical (unpaired) electrons. The van der Waals surface area contributed by atoms with Gasteiger partial charge in [-0.2, -0.15) is 0 Å². The van der Waals surface area contributed by atoms with Crippen LogP contribution < -0.4 is 16.2 Å². The molecule has 2 aliphatic carbocycles. The summed E-state index contributed by atoms with van der Waals surface area (Å²) in [6, 6.07) is 1.99. The molecule has 0 heterocycles. The molecule has 2 fully saturated rings. The second kappa shape index (κ2) is 19.0. The van der Waals surface area contributed by atoms with Crippen LogP contribution in [-0.2, 0) is 14.3 Å². The first-order chi connectivity index (χ1) is 16.7. The average Bonchev–Trinajstić information content (AvgIpc) is 2.80. The number of esters is 1. The molecule has 6 nitrogen and oxygen atoms in total. The van der Waals surface area contributed by atoms with Gasteiger partial charge in [-0.3, -0.25) is 4.79 Å². The fourth-order valence-electron chi connectivity index (χ4n) is 5.30. The summed E-state index contributed by atoms with van der Waals surface area (Å²) in [6.45, 7) is 5.93. The number of hydrogen-bond acceptors (Lipinski definition) is 5. The number of aliphatic carboxylic acids is 1. The second-order valence-electron chi connectivity index (χ2n) is 11.8. The molecule has 206 valence electrons. The van der Waals surface area contributed by atoms with E-state index in [1.165, 1.54) is 83.5 Å². The number of carbonyl (C=O) groups excluding carboxylic acids is 2. The van der Waals surface area contributed by atoms with Gasteiger partial charge in [0.2, 0.25) is 0 Å². The topological polar surface area (TPSA) is 109 Å². The van der Waals surface area contributed by atoms with Gasteiger partial charge in [-0.15, -0.1) is 0 Å². The van der Waals surface area contributed by atoms with E-state index in [2.05, 4.69) is 5.32 Å². The summed E-state index contributed by atoms with van der Waals surface area (Å²) in [5, 5.41) is 13.8. The first-order valence-corrected chi connectivity index (χ1v) is 14.7. The van der Waals surface area contributed by atoms with Crippen LogP contribution in [0.15, 0.2) is 0 Å². The lowest BCUT2D eigenvalue weighted by Crippen LogP contribution is -2.95. The van der Waals surface area contributed by atoms with E-state index in [0.717, 1.165) is 44.3 Å². The maximum absolute atomic E-state index is 11.8. The van der Waals surface area contributed by atoms with E-state index in [0.29, 0.717) is 12.8 Å². The Hall–Kier alpha value is -1.14. The van der Waals surface area contributed by atoms with Crippen molar-refractivity contribution in [2.45, 2.75) is 160 Å². The van der Waals surface area contributed by atoms with Gasteiger partial charge in [-0.1, -0.05) is 57.8 Å². The summed E-state index contributed by atoms with van der Waals surface area (Å²) in [5.41, 5.74) is 4.76. The van der Waals surface area contributed by atoms with Crippen LogP contribution in [-0.4, -0.2) is 36.2 Å². The van der Waals surface area contributed by atoms with Crippen molar-refractivity contribution in [1.82, 2.24) is 0 Å². The van der Waals surface area contributed by atoms with Gasteiger partial charge >= 0.3 is 5.97 Å². The van der Waals surface area contributed by atoms with Crippen molar-refractivity contribution in [2.24, 2.45) is 11.7 Å². The Bertz CT molecular complexity index is 533. The molecule has 0 spiro atoms. The first-order valence-electron chi connectivity index (χ1n) is 14.7. The summed E-state index contributed by atoms with van der Waals surface area (Å²) < 4.78 is 5.12. The molecule has 2 aliphatic rings. The van der Waals surface area contributed by atoms with E-state index in [-0.39, 0.29) is 0 Å². The monoisotopic (exact) mass is 496 g/mol. The Labute approximate surface area is 215 Å². The molecule has 0 bridgehead atoms. The maximum atomic E-state index is 11.8. The van der Waals surface area contributed by atoms with Crippen molar-refractivity contribution in [3.8, 4) is 0 Å². The zero-order valence-corrected chi connectivity index (χ0v) is 23.2. The van der Waals surface area contributed by atoms with Crippen LogP contribution in [0.2, 0.25) is 0 Å². The molecule has 35 heavy (non-hydrogen) atoms. The molecule has 0 aromatic rings. The molecule has 2 rings (SSSR count). The number of carboxylic acids is 1. The standard InChI is InChI=1S/C17H33NO4.C12H23N/c1-17(2,3)22-16(21)14(15(19)20)12-10-8-6-4-5-7-9-11-13-18;1-3-7-11(8-4-1)13-12-9-5-2-6-10-12/h14H,4-13,18H2,1-3H3,(H,19,20);11-13H,1-10H2. The molecule has 1 unspecified atom stereocenters. The predicted octanol–water partition coefficient (Wildman–Crippen LogP) is 4.38. The molecule has 1 atom stereocenters. The van der Waals surface area contributed by atoms with Crippen LogP contribution in [0.4, 0.5) is 0 Å². The Balaban J connectivity index is 0.000000394. The number of hydrogen-bond donors (Lipinski definition) is 2. The SMILES string of the molecule is C1CCC([NH2+]C2CCCCC2)CC1.CC(C)(C)OC(=O)C(CCCCCCCCCCN)C(=O)[O-]. The van der Waals surface area contributed by atoms with Crippen LogP contribution in [0.3, 0.4) is 0 Å². The maximum Gasteiger partial charge on any atom is 0.315 e. The molecular formula is C29H56N2O4. The normalized spacial score (nSPS) is 18.4. The van der Waals surface area contributed by atoms with Crippen molar-refractivity contribution < 1.29 is 24.7 Å². The second-order valence-corrected chi connectivity index (χ2v) is 11.8. The van der Waals surface area contributed by atoms with E-state index in [1.807, 2.05) is 0 Å². The summed E-state index contributed by atoms with van der Waals surface area (Å²) in [5.74, 6) is -3.17. The first kappa shape index (κ1) is 31.9. The number of unbranched alkanes of at least 4 members (excludes halogenated alkanes) is 7. The van der Waals surface area contributed by atoms with Crippen LogP contribution in [0.5, 0.6) is 0 Å². The van der Waals surface area contributed by atoms with Crippen molar-refractivity contribution in [1.29, 1.82) is 0 Å². The van der Waals surface area contributed by atoms with Crippen LogP contribution in [0.1, 0.15) is 143 Å². The zero-order valence-electron chi connectivity index (χ0n) is 23.2. The van der Waals surface area contributed by atoms with Crippen molar-refractivity contribution >= 4 is 11.9 Å². The van der Waals surface area contributed by atoms with Gasteiger partial charge in [-0.05, 0) is 91.5 Å². The Morgan fingerprint density at radius 1 is 0.800 bits per heavy atom. The van der Waals surface area contributed by atoms with E-state index >= 15 is 0 Å². The highest BCUT2D eigenvalue weighted by Crippen LogP contribution is 2.19. The zero-order chi connectivity index (χ0) is 25.9. The lowest BCUT2D eigenvalue weighted by atomic mass is 9.91. The molecule has 0 saturated heterocycles. The highest BCUT2D eigenvalue weighted by molar-refractivity contribution is 5.93. The van der Waals surface area contributed by atoms with Crippen LogP contribution in [0.25, 0.3) is 0 Å². The number of quaternary nitrogens is 1. The van der Waals surface area contributed by atoms with Gasteiger partial charge in [0.05, 0.1) is 24.0 Å². The third kappa shape index (κ3) is 17.0. The van der Waals surface area contributed by atoms with Gasteiger partial charge in [-0.25, -0.2) is 0 Å². The van der Waals surface area contributed by atoms with E-state index in [9.17, 15) is 14.7 Å². The van der Waals surface area contributed by atoms with Gasteiger partial charge < -0.3 is 25.7 Å². The van der Waals surface area contributed by atoms with Crippen molar-refractivity contribution in [3.63, 3.8) is 0 Å². The summed E-state index contributed by atoms with van der Waals surface area (Å²) in [4.78, 5) is 22.9. The molecule has 0 amide bonds. The van der Waals surface area contributed by atoms with Crippen LogP contribution >= 0.6 is 0 Å². The minimum Gasteiger partial charge on any atom is -0.549 e. The minimum absolute atomic E-state index is 0.296. The number of nitrogens with two attached hydrogens (primary N) is 2. The highest BCUT2D eigenvalue weighted by Gasteiger charge is 2.26. The fourth-order valence-corrected chi connectivity index (χ4v) is 5.30. The largest absolute Gasteiger partial charge is 0.549 e. The van der Waals surface area contributed by atoms with Gasteiger partial charge in [0.1, 0.15) is 5.60 Å². The molecule has 4 N–H and O–H groups in total. The number of rotatable bonds is 14. The predicted molar refractivity (Wildman–Crippen MR) is 141 cm³/mol. The number of ether oxygens (including phenoxy) is 1. The average molecular weight is 497 g/mol. The lowest BCUT2D eigenvalue weighted by molar-refractivity contribution is -0.725. The van der Waals surface area contributed by atoms with E-state index < -0.39 is 23.5 Å². The van der Waals surface area contributed by atoms with Crippen molar-refractivity contribution in [3.05, 3.63) is 0 Å². The minimum atomic E-state index is -1.34. The number of carbonyl (C=O) groups is 2. The van der Waals surface area contributed by atoms with Crippen molar-refractivity contribution in [2.75, 3.05) is 6.54 Å². The number of carboxylic acid groups (broad SMARTS) is 1. The Morgan fingerprint density at radius 2 is 1.23 bits per heavy atom. The van der Waals surface area contributed by atoms with Gasteiger partial charge in [0, 0.05) is 0 Å². The molecule has 2 saturated carbocycles. The molecule has 6 heteroatoms. The quantitative estimate of drug-likeness (QED) is 0.211. The summed E-state index contributed by atoms with van der Waals surface area (Å²) >= 11 is 0. The summed E-state index contributed by atoms with van der Waals surface area (Å²) in [7, 11) is 0. The van der Waals surface area contributed by atoms with E-state index in [1.54, 1.807) is 20.8 Å². The molecule has 0 aromatic heterocycles. The molecular weight excluding hydrogens is 440 g/mol. The molecule has 0 aromatic carbocycles. The fraction of sp³-hybridized carbons (Fsp3) is 0.931. The third-order valence-electron chi connectivity index (χ3n) is 7.27. The molecule has 0 aliphatic heterocycles. The Morgan fingerprint density at radius 3 is 1.63 bits per heavy atom. The highest BCUT2D eigenvalue weighted by atomic mass is 16.6. The van der Waals surface area contributed by atoms with Crippen LogP contribution in [0, 0.1) is 5.92 Å². The van der Waals surface area contributed by atoms with E-state index in [4.69, 9.17) is 10.5 Å². The smallest absolute Gasteiger partial charge is 0.315 e. The van der Waals surface area contributed by atoms with Gasteiger partial charge in [0.15, 0.2) is 0 Å². The lowest BCUT2D eigenvalue weighted by Gasteiger charge is -2.27. The Kier molecular flexibility index (Phi) is 17.3. The summed E-state index contributed by atoms with van der Waals surface area (Å²) in [6.07, 6.45) is 23.8. The van der Waals surface area contributed by atoms with Gasteiger partial charge in [0.25, 0.3) is 0 Å².